The average molecular weight is 231 g/mol. The summed E-state index contributed by atoms with van der Waals surface area (Å²) in [4.78, 5) is 0. The van der Waals surface area contributed by atoms with Gasteiger partial charge in [-0.15, -0.1) is 0 Å². The molecule has 4 heteroatoms. The van der Waals surface area contributed by atoms with Crippen LogP contribution >= 0.6 is 0 Å². The fraction of sp³-hybridized carbons (Fsp3) is 0.308. The first-order valence-electron chi connectivity index (χ1n) is 5.70. The number of hydrogen-bond acceptors (Lipinski definition) is 3. The summed E-state index contributed by atoms with van der Waals surface area (Å²) in [7, 11) is 0. The van der Waals surface area contributed by atoms with E-state index in [-0.39, 0.29) is 6.04 Å². The normalized spacial score (nSPS) is 14.5. The van der Waals surface area contributed by atoms with Crippen molar-refractivity contribution in [1.29, 1.82) is 0 Å². The van der Waals surface area contributed by atoms with Gasteiger partial charge in [0.15, 0.2) is 0 Å². The Balaban J connectivity index is 1.89. The molecular weight excluding hydrogens is 214 g/mol. The second kappa shape index (κ2) is 5.61. The zero-order chi connectivity index (χ0) is 12.1. The van der Waals surface area contributed by atoms with Crippen molar-refractivity contribution in [2.24, 2.45) is 5.73 Å². The maximum atomic E-state index is 9.96. The average Bonchev–Trinajstić information content (AvgIpc) is 2.83. The van der Waals surface area contributed by atoms with E-state index < -0.39 is 6.10 Å². The Hall–Kier alpha value is -1.65. The van der Waals surface area contributed by atoms with Gasteiger partial charge in [-0.3, -0.25) is 4.68 Å². The van der Waals surface area contributed by atoms with Crippen molar-refractivity contribution in [3.8, 4) is 0 Å². The van der Waals surface area contributed by atoms with E-state index in [1.54, 1.807) is 10.9 Å². The first-order chi connectivity index (χ1) is 8.25. The lowest BCUT2D eigenvalue weighted by atomic mass is 10.0. The van der Waals surface area contributed by atoms with Gasteiger partial charge in [0, 0.05) is 18.4 Å². The summed E-state index contributed by atoms with van der Waals surface area (Å²) in [5, 5.41) is 14.0. The van der Waals surface area contributed by atoms with Crippen molar-refractivity contribution in [1.82, 2.24) is 9.78 Å². The molecule has 0 aliphatic rings. The van der Waals surface area contributed by atoms with E-state index >= 15 is 0 Å². The van der Waals surface area contributed by atoms with Gasteiger partial charge in [-0.2, -0.15) is 5.10 Å². The van der Waals surface area contributed by atoms with Crippen LogP contribution in [0.4, 0.5) is 0 Å². The molecule has 90 valence electrons. The van der Waals surface area contributed by atoms with E-state index in [1.165, 1.54) is 0 Å². The summed E-state index contributed by atoms with van der Waals surface area (Å²) in [5.74, 6) is 0. The molecule has 0 fully saturated rings. The van der Waals surface area contributed by atoms with Gasteiger partial charge in [0.1, 0.15) is 0 Å². The third-order valence-corrected chi connectivity index (χ3v) is 2.74. The Labute approximate surface area is 101 Å². The Morgan fingerprint density at radius 3 is 2.65 bits per heavy atom. The third-order valence-electron chi connectivity index (χ3n) is 2.74. The number of aliphatic hydroxyl groups excluding tert-OH is 1. The molecule has 1 aromatic heterocycles. The van der Waals surface area contributed by atoms with E-state index in [1.807, 2.05) is 42.6 Å². The van der Waals surface area contributed by atoms with Gasteiger partial charge in [-0.1, -0.05) is 30.3 Å². The highest BCUT2D eigenvalue weighted by Gasteiger charge is 2.15. The molecule has 0 radical (unpaired) electrons. The van der Waals surface area contributed by atoms with Crippen molar-refractivity contribution in [2.75, 3.05) is 0 Å². The molecule has 0 aliphatic heterocycles. The molecule has 2 atom stereocenters. The number of rotatable bonds is 5. The highest BCUT2D eigenvalue weighted by molar-refractivity contribution is 5.16. The summed E-state index contributed by atoms with van der Waals surface area (Å²) in [5.41, 5.74) is 7.11. The number of aromatic nitrogens is 2. The summed E-state index contributed by atoms with van der Waals surface area (Å²) in [6, 6.07) is 11.5. The maximum absolute atomic E-state index is 9.96. The lowest BCUT2D eigenvalue weighted by Crippen LogP contribution is -2.39. The zero-order valence-electron chi connectivity index (χ0n) is 9.61. The van der Waals surface area contributed by atoms with E-state index in [2.05, 4.69) is 5.10 Å². The van der Waals surface area contributed by atoms with Crippen LogP contribution in [-0.2, 0) is 13.0 Å². The minimum atomic E-state index is -0.588. The Bertz CT molecular complexity index is 427. The molecule has 17 heavy (non-hydrogen) atoms. The topological polar surface area (TPSA) is 64.1 Å². The minimum Gasteiger partial charge on any atom is -0.390 e. The summed E-state index contributed by atoms with van der Waals surface area (Å²) < 4.78 is 1.69. The van der Waals surface area contributed by atoms with Gasteiger partial charge in [-0.05, 0) is 18.1 Å². The minimum absolute atomic E-state index is 0.276. The predicted octanol–water partition coefficient (Wildman–Crippen LogP) is 0.814. The summed E-state index contributed by atoms with van der Waals surface area (Å²) >= 11 is 0. The lowest BCUT2D eigenvalue weighted by Gasteiger charge is -2.18. The van der Waals surface area contributed by atoms with Gasteiger partial charge in [-0.25, -0.2) is 0 Å². The van der Waals surface area contributed by atoms with Gasteiger partial charge in [0.25, 0.3) is 0 Å². The molecule has 0 amide bonds. The lowest BCUT2D eigenvalue weighted by molar-refractivity contribution is 0.121. The van der Waals surface area contributed by atoms with Crippen LogP contribution in [0.15, 0.2) is 48.8 Å². The molecule has 2 aromatic rings. The van der Waals surface area contributed by atoms with Crippen molar-refractivity contribution in [3.63, 3.8) is 0 Å². The largest absolute Gasteiger partial charge is 0.390 e. The molecule has 1 aromatic carbocycles. The molecule has 4 nitrogen and oxygen atoms in total. The first kappa shape index (κ1) is 11.8. The summed E-state index contributed by atoms with van der Waals surface area (Å²) in [6.07, 6.45) is 3.59. The van der Waals surface area contributed by atoms with Crippen LogP contribution in [-0.4, -0.2) is 27.0 Å². The molecule has 0 unspecified atom stereocenters. The van der Waals surface area contributed by atoms with Crippen molar-refractivity contribution < 1.29 is 5.11 Å². The standard InChI is InChI=1S/C13H17N3O/c14-12(9-11-5-2-1-3-6-11)13(17)10-16-8-4-7-15-16/h1-8,12-13,17H,9-10,14H2/t12-,13+/m1/s1. The molecule has 1 heterocycles. The maximum Gasteiger partial charge on any atom is 0.0889 e. The number of benzene rings is 1. The molecule has 3 N–H and O–H groups in total. The van der Waals surface area contributed by atoms with E-state index in [4.69, 9.17) is 5.73 Å². The Morgan fingerprint density at radius 1 is 1.24 bits per heavy atom. The molecule has 0 spiro atoms. The molecule has 0 aliphatic carbocycles. The van der Waals surface area contributed by atoms with Crippen molar-refractivity contribution in [2.45, 2.75) is 25.1 Å². The smallest absolute Gasteiger partial charge is 0.0889 e. The molecule has 0 saturated heterocycles. The predicted molar refractivity (Wildman–Crippen MR) is 66.4 cm³/mol. The second-order valence-electron chi connectivity index (χ2n) is 4.15. The third kappa shape index (κ3) is 3.41. The molecule has 0 saturated carbocycles. The zero-order valence-corrected chi connectivity index (χ0v) is 9.61. The van der Waals surface area contributed by atoms with Gasteiger partial charge >= 0.3 is 0 Å². The van der Waals surface area contributed by atoms with E-state index in [9.17, 15) is 5.11 Å². The fourth-order valence-corrected chi connectivity index (χ4v) is 1.76. The Morgan fingerprint density at radius 2 is 2.00 bits per heavy atom. The number of nitrogens with zero attached hydrogens (tertiary/aromatic N) is 2. The fourth-order valence-electron chi connectivity index (χ4n) is 1.76. The number of aliphatic hydroxyl groups is 1. The van der Waals surface area contributed by atoms with Crippen molar-refractivity contribution >= 4 is 0 Å². The van der Waals surface area contributed by atoms with Crippen LogP contribution in [0.25, 0.3) is 0 Å². The van der Waals surface area contributed by atoms with Gasteiger partial charge in [0.2, 0.25) is 0 Å². The number of nitrogens with two attached hydrogens (primary N) is 1. The van der Waals surface area contributed by atoms with E-state index in [0.29, 0.717) is 13.0 Å². The van der Waals surface area contributed by atoms with Crippen LogP contribution in [0.3, 0.4) is 0 Å². The van der Waals surface area contributed by atoms with Crippen LogP contribution < -0.4 is 5.73 Å². The van der Waals surface area contributed by atoms with Gasteiger partial charge in [0.05, 0.1) is 12.6 Å². The molecule has 2 rings (SSSR count). The van der Waals surface area contributed by atoms with E-state index in [0.717, 1.165) is 5.56 Å². The monoisotopic (exact) mass is 231 g/mol. The summed E-state index contributed by atoms with van der Waals surface area (Å²) in [6.45, 7) is 0.432. The van der Waals surface area contributed by atoms with Crippen LogP contribution in [0, 0.1) is 0 Å². The second-order valence-corrected chi connectivity index (χ2v) is 4.15. The number of hydrogen-bond donors (Lipinski definition) is 2. The first-order valence-corrected chi connectivity index (χ1v) is 5.70. The molecular formula is C13H17N3O. The quantitative estimate of drug-likeness (QED) is 0.800. The molecule has 0 bridgehead atoms. The van der Waals surface area contributed by atoms with Crippen LogP contribution in [0.1, 0.15) is 5.56 Å². The Kier molecular flexibility index (Phi) is 3.90. The highest BCUT2D eigenvalue weighted by atomic mass is 16.3. The highest BCUT2D eigenvalue weighted by Crippen LogP contribution is 2.05. The van der Waals surface area contributed by atoms with Crippen LogP contribution in [0.2, 0.25) is 0 Å². The SMILES string of the molecule is N[C@H](Cc1ccccc1)[C@@H](O)Cn1cccn1. The van der Waals surface area contributed by atoms with Crippen LogP contribution in [0.5, 0.6) is 0 Å². The van der Waals surface area contributed by atoms with Gasteiger partial charge < -0.3 is 10.8 Å². The van der Waals surface area contributed by atoms with Crippen molar-refractivity contribution in [3.05, 3.63) is 54.4 Å².